The number of aryl methyl sites for hydroxylation is 1. The number of likely N-dealkylation sites (tertiary alicyclic amines) is 1. The number of rotatable bonds is 5. The number of benzene rings is 1. The molecule has 1 unspecified atom stereocenters. The van der Waals surface area contributed by atoms with E-state index >= 15 is 0 Å². The van der Waals surface area contributed by atoms with Crippen molar-refractivity contribution in [3.8, 4) is 0 Å². The molecule has 5 nitrogen and oxygen atoms in total. The number of hydrogen-bond acceptors (Lipinski definition) is 3. The van der Waals surface area contributed by atoms with Crippen molar-refractivity contribution in [2.75, 3.05) is 6.54 Å². The van der Waals surface area contributed by atoms with Crippen LogP contribution < -0.4 is 5.32 Å². The first-order valence-electron chi connectivity index (χ1n) is 8.13. The molecule has 124 valence electrons. The van der Waals surface area contributed by atoms with Crippen molar-refractivity contribution in [1.29, 1.82) is 0 Å². The van der Waals surface area contributed by atoms with Gasteiger partial charge in [0.05, 0.1) is 18.2 Å². The molecule has 1 atom stereocenters. The number of carbonyl (C=O) groups excluding carboxylic acids is 2. The number of carbonyl (C=O) groups is 2. The van der Waals surface area contributed by atoms with Crippen molar-refractivity contribution in [3.05, 3.63) is 65.5 Å². The van der Waals surface area contributed by atoms with Crippen LogP contribution in [0.15, 0.2) is 48.7 Å². The van der Waals surface area contributed by atoms with E-state index in [1.807, 2.05) is 49.4 Å². The SMILES string of the molecule is Cc1ccc(CN2CC(C(=O)NCc3ccccn3)CC2=O)cc1. The fourth-order valence-electron chi connectivity index (χ4n) is 2.84. The highest BCUT2D eigenvalue weighted by Gasteiger charge is 2.34. The van der Waals surface area contributed by atoms with Gasteiger partial charge in [-0.05, 0) is 24.6 Å². The van der Waals surface area contributed by atoms with Gasteiger partial charge in [-0.15, -0.1) is 0 Å². The third-order valence-corrected chi connectivity index (χ3v) is 4.25. The molecular formula is C19H21N3O2. The maximum atomic E-state index is 12.3. The molecule has 0 aliphatic carbocycles. The van der Waals surface area contributed by atoms with E-state index in [4.69, 9.17) is 0 Å². The van der Waals surface area contributed by atoms with Crippen LogP contribution in [-0.4, -0.2) is 28.2 Å². The predicted molar refractivity (Wildman–Crippen MR) is 90.8 cm³/mol. The van der Waals surface area contributed by atoms with Gasteiger partial charge >= 0.3 is 0 Å². The first-order chi connectivity index (χ1) is 11.6. The summed E-state index contributed by atoms with van der Waals surface area (Å²) in [7, 11) is 0. The van der Waals surface area contributed by atoms with E-state index in [2.05, 4.69) is 10.3 Å². The van der Waals surface area contributed by atoms with Gasteiger partial charge in [0, 0.05) is 25.7 Å². The zero-order valence-electron chi connectivity index (χ0n) is 13.7. The summed E-state index contributed by atoms with van der Waals surface area (Å²) in [5.74, 6) is -0.333. The molecule has 1 aromatic heterocycles. The first kappa shape index (κ1) is 16.2. The predicted octanol–water partition coefficient (Wildman–Crippen LogP) is 2.05. The summed E-state index contributed by atoms with van der Waals surface area (Å²) in [4.78, 5) is 30.4. The van der Waals surface area contributed by atoms with Gasteiger partial charge in [-0.25, -0.2) is 0 Å². The van der Waals surface area contributed by atoms with Crippen LogP contribution in [0.25, 0.3) is 0 Å². The Labute approximate surface area is 141 Å². The summed E-state index contributed by atoms with van der Waals surface area (Å²) >= 11 is 0. The number of nitrogens with one attached hydrogen (secondary N) is 1. The van der Waals surface area contributed by atoms with Crippen LogP contribution in [0.1, 0.15) is 23.2 Å². The van der Waals surface area contributed by atoms with Gasteiger partial charge in [0.15, 0.2) is 0 Å². The molecule has 0 bridgehead atoms. The highest BCUT2D eigenvalue weighted by Crippen LogP contribution is 2.20. The Balaban J connectivity index is 1.53. The van der Waals surface area contributed by atoms with Crippen molar-refractivity contribution in [2.45, 2.75) is 26.4 Å². The van der Waals surface area contributed by atoms with E-state index in [0.29, 0.717) is 19.6 Å². The molecule has 2 heterocycles. The molecule has 3 rings (SSSR count). The topological polar surface area (TPSA) is 62.3 Å². The standard InChI is InChI=1S/C19H21N3O2/c1-14-5-7-15(8-6-14)12-22-13-16(10-18(22)23)19(24)21-11-17-4-2-3-9-20-17/h2-9,16H,10-13H2,1H3,(H,21,24). The highest BCUT2D eigenvalue weighted by molar-refractivity contribution is 5.89. The smallest absolute Gasteiger partial charge is 0.225 e. The second-order valence-corrected chi connectivity index (χ2v) is 6.20. The van der Waals surface area contributed by atoms with Crippen LogP contribution in [0.5, 0.6) is 0 Å². The van der Waals surface area contributed by atoms with Gasteiger partial charge in [0.2, 0.25) is 11.8 Å². The van der Waals surface area contributed by atoms with Crippen LogP contribution in [0, 0.1) is 12.8 Å². The Hall–Kier alpha value is -2.69. The summed E-state index contributed by atoms with van der Waals surface area (Å²) in [6.07, 6.45) is 1.98. The second kappa shape index (κ2) is 7.25. The molecule has 24 heavy (non-hydrogen) atoms. The van der Waals surface area contributed by atoms with Gasteiger partial charge in [-0.3, -0.25) is 14.6 Å². The van der Waals surface area contributed by atoms with Gasteiger partial charge in [-0.1, -0.05) is 35.9 Å². The van der Waals surface area contributed by atoms with Gasteiger partial charge in [0.1, 0.15) is 0 Å². The first-order valence-corrected chi connectivity index (χ1v) is 8.13. The maximum Gasteiger partial charge on any atom is 0.225 e. The summed E-state index contributed by atoms with van der Waals surface area (Å²) in [6.45, 7) is 3.46. The Morgan fingerprint density at radius 3 is 2.75 bits per heavy atom. The van der Waals surface area contributed by atoms with E-state index < -0.39 is 0 Å². The molecule has 1 aliphatic heterocycles. The lowest BCUT2D eigenvalue weighted by atomic mass is 10.1. The largest absolute Gasteiger partial charge is 0.350 e. The fraction of sp³-hybridized carbons (Fsp3) is 0.316. The lowest BCUT2D eigenvalue weighted by Gasteiger charge is -2.17. The molecule has 1 aromatic carbocycles. The molecule has 1 N–H and O–H groups in total. The quantitative estimate of drug-likeness (QED) is 0.916. The van der Waals surface area contributed by atoms with Crippen molar-refractivity contribution in [3.63, 3.8) is 0 Å². The van der Waals surface area contributed by atoms with E-state index in [-0.39, 0.29) is 24.2 Å². The van der Waals surface area contributed by atoms with Crippen molar-refractivity contribution < 1.29 is 9.59 Å². The molecule has 5 heteroatoms. The fourth-order valence-corrected chi connectivity index (χ4v) is 2.84. The molecule has 2 amide bonds. The lowest BCUT2D eigenvalue weighted by Crippen LogP contribution is -2.32. The van der Waals surface area contributed by atoms with Crippen LogP contribution in [-0.2, 0) is 22.7 Å². The maximum absolute atomic E-state index is 12.3. The van der Waals surface area contributed by atoms with E-state index in [9.17, 15) is 9.59 Å². The number of aromatic nitrogens is 1. The number of amides is 2. The normalized spacial score (nSPS) is 17.1. The third-order valence-electron chi connectivity index (χ3n) is 4.25. The highest BCUT2D eigenvalue weighted by atomic mass is 16.2. The molecule has 1 fully saturated rings. The minimum absolute atomic E-state index is 0.0357. The van der Waals surface area contributed by atoms with E-state index in [1.165, 1.54) is 5.56 Å². The molecule has 2 aromatic rings. The Morgan fingerprint density at radius 1 is 1.25 bits per heavy atom. The van der Waals surface area contributed by atoms with E-state index in [1.54, 1.807) is 11.1 Å². The zero-order valence-corrected chi connectivity index (χ0v) is 13.7. The Morgan fingerprint density at radius 2 is 2.04 bits per heavy atom. The summed E-state index contributed by atoms with van der Waals surface area (Å²) in [5.41, 5.74) is 3.09. The zero-order chi connectivity index (χ0) is 16.9. The lowest BCUT2D eigenvalue weighted by molar-refractivity contribution is -0.129. The molecule has 0 radical (unpaired) electrons. The average molecular weight is 323 g/mol. The van der Waals surface area contributed by atoms with Gasteiger partial charge < -0.3 is 10.2 Å². The molecular weight excluding hydrogens is 302 g/mol. The Kier molecular flexibility index (Phi) is 4.89. The monoisotopic (exact) mass is 323 g/mol. The number of pyridine rings is 1. The third kappa shape index (κ3) is 3.98. The Bertz CT molecular complexity index is 713. The van der Waals surface area contributed by atoms with Crippen molar-refractivity contribution >= 4 is 11.8 Å². The van der Waals surface area contributed by atoms with Crippen molar-refractivity contribution in [1.82, 2.24) is 15.2 Å². The van der Waals surface area contributed by atoms with Gasteiger partial charge in [-0.2, -0.15) is 0 Å². The van der Waals surface area contributed by atoms with Crippen LogP contribution in [0.2, 0.25) is 0 Å². The number of nitrogens with zero attached hydrogens (tertiary/aromatic N) is 2. The summed E-state index contributed by atoms with van der Waals surface area (Å²) < 4.78 is 0. The second-order valence-electron chi connectivity index (χ2n) is 6.20. The molecule has 1 saturated heterocycles. The van der Waals surface area contributed by atoms with Crippen LogP contribution in [0.4, 0.5) is 0 Å². The molecule has 1 aliphatic rings. The molecule has 0 spiro atoms. The van der Waals surface area contributed by atoms with Crippen LogP contribution in [0.3, 0.4) is 0 Å². The van der Waals surface area contributed by atoms with Crippen molar-refractivity contribution in [2.24, 2.45) is 5.92 Å². The van der Waals surface area contributed by atoms with Gasteiger partial charge in [0.25, 0.3) is 0 Å². The number of hydrogen-bond donors (Lipinski definition) is 1. The minimum atomic E-state index is -0.285. The summed E-state index contributed by atoms with van der Waals surface area (Å²) in [6, 6.07) is 13.7. The summed E-state index contributed by atoms with van der Waals surface area (Å²) in [5, 5.41) is 2.87. The minimum Gasteiger partial charge on any atom is -0.350 e. The average Bonchev–Trinajstić information content (AvgIpc) is 2.96. The van der Waals surface area contributed by atoms with E-state index in [0.717, 1.165) is 11.3 Å². The van der Waals surface area contributed by atoms with Crippen LogP contribution >= 0.6 is 0 Å². The molecule has 0 saturated carbocycles.